The van der Waals surface area contributed by atoms with Crippen LogP contribution in [0, 0.1) is 0 Å². The summed E-state index contributed by atoms with van der Waals surface area (Å²) in [5, 5.41) is 4.52. The van der Waals surface area contributed by atoms with E-state index in [4.69, 9.17) is 33.8 Å². The topological polar surface area (TPSA) is 64.7 Å². The van der Waals surface area contributed by atoms with E-state index in [-0.39, 0.29) is 5.84 Å². The summed E-state index contributed by atoms with van der Waals surface area (Å²) in [6.45, 7) is 0. The number of nitrogens with two attached hydrogens (primary N) is 1. The molecule has 2 aromatic rings. The van der Waals surface area contributed by atoms with Gasteiger partial charge in [-0.15, -0.1) is 0 Å². The third-order valence-corrected chi connectivity index (χ3v) is 3.96. The van der Waals surface area contributed by atoms with Gasteiger partial charge in [0.05, 0.1) is 15.6 Å². The van der Waals surface area contributed by atoms with Gasteiger partial charge in [-0.1, -0.05) is 50.4 Å². The molecule has 0 heterocycles. The Bertz CT molecular complexity index is 718. The second-order valence-corrected chi connectivity index (χ2v) is 6.12. The number of benzene rings is 2. The van der Waals surface area contributed by atoms with Crippen molar-refractivity contribution in [1.29, 1.82) is 0 Å². The Morgan fingerprint density at radius 2 is 1.82 bits per heavy atom. The largest absolute Gasteiger partial charge is 0.384 e. The van der Waals surface area contributed by atoms with Crippen molar-refractivity contribution < 1.29 is 9.63 Å². The molecule has 2 aromatic carbocycles. The van der Waals surface area contributed by atoms with Gasteiger partial charge >= 0.3 is 5.97 Å². The maximum absolute atomic E-state index is 11.8. The van der Waals surface area contributed by atoms with E-state index < -0.39 is 5.97 Å². The highest BCUT2D eigenvalue weighted by Gasteiger charge is 2.08. The highest BCUT2D eigenvalue weighted by Crippen LogP contribution is 2.22. The molecule has 0 unspecified atom stereocenters. The van der Waals surface area contributed by atoms with E-state index in [1.165, 1.54) is 0 Å². The second-order valence-electron chi connectivity index (χ2n) is 4.39. The van der Waals surface area contributed by atoms with Crippen molar-refractivity contribution in [3.63, 3.8) is 0 Å². The maximum Gasteiger partial charge on any atom is 0.365 e. The minimum absolute atomic E-state index is 0.156. The predicted octanol–water partition coefficient (Wildman–Crippen LogP) is 4.43. The van der Waals surface area contributed by atoms with Gasteiger partial charge in [0.2, 0.25) is 0 Å². The van der Waals surface area contributed by atoms with Crippen LogP contribution in [0.15, 0.2) is 52.1 Å². The first-order chi connectivity index (χ1) is 10.5. The standard InChI is InChI=1S/C15H11BrCl2N2O2/c16-11-4-2-10(3-5-11)15(21)22-20-14(19)8-9-1-6-12(17)13(18)7-9/h1-7H,8H2,(H2,19,20). The Morgan fingerprint density at radius 1 is 1.14 bits per heavy atom. The highest BCUT2D eigenvalue weighted by molar-refractivity contribution is 9.10. The number of oxime groups is 1. The molecule has 0 atom stereocenters. The van der Waals surface area contributed by atoms with Crippen molar-refractivity contribution >= 4 is 50.9 Å². The van der Waals surface area contributed by atoms with Crippen molar-refractivity contribution in [3.05, 3.63) is 68.1 Å². The summed E-state index contributed by atoms with van der Waals surface area (Å²) in [5.41, 5.74) is 6.93. The fourth-order valence-corrected chi connectivity index (χ4v) is 2.21. The van der Waals surface area contributed by atoms with Gasteiger partial charge in [0.15, 0.2) is 0 Å². The van der Waals surface area contributed by atoms with Gasteiger partial charge < -0.3 is 10.6 Å². The molecule has 0 aromatic heterocycles. The summed E-state index contributed by atoms with van der Waals surface area (Å²) in [6.07, 6.45) is 0.296. The van der Waals surface area contributed by atoms with Crippen LogP contribution in [-0.4, -0.2) is 11.8 Å². The van der Waals surface area contributed by atoms with Crippen LogP contribution in [-0.2, 0) is 11.3 Å². The number of halogens is 3. The average molecular weight is 402 g/mol. The van der Waals surface area contributed by atoms with Crippen LogP contribution >= 0.6 is 39.1 Å². The molecule has 0 aliphatic rings. The van der Waals surface area contributed by atoms with Crippen LogP contribution in [0.25, 0.3) is 0 Å². The zero-order valence-electron chi connectivity index (χ0n) is 11.2. The lowest BCUT2D eigenvalue weighted by Gasteiger charge is -2.03. The molecule has 7 heteroatoms. The molecule has 0 aliphatic heterocycles. The molecule has 0 radical (unpaired) electrons. The van der Waals surface area contributed by atoms with E-state index in [2.05, 4.69) is 21.1 Å². The Labute approximate surface area is 146 Å². The number of rotatable bonds is 4. The smallest absolute Gasteiger partial charge is 0.365 e. The molecule has 0 amide bonds. The third-order valence-electron chi connectivity index (χ3n) is 2.69. The van der Waals surface area contributed by atoms with Crippen LogP contribution in [0.2, 0.25) is 10.0 Å². The lowest BCUT2D eigenvalue weighted by molar-refractivity contribution is 0.0515. The molecule has 0 aliphatic carbocycles. The van der Waals surface area contributed by atoms with Crippen molar-refractivity contribution in [1.82, 2.24) is 0 Å². The van der Waals surface area contributed by atoms with Gasteiger partial charge in [0, 0.05) is 10.9 Å². The lowest BCUT2D eigenvalue weighted by Crippen LogP contribution is -2.16. The van der Waals surface area contributed by atoms with E-state index in [9.17, 15) is 4.79 Å². The Hall–Kier alpha value is -1.56. The zero-order valence-corrected chi connectivity index (χ0v) is 14.3. The van der Waals surface area contributed by atoms with Gasteiger partial charge in [0.1, 0.15) is 5.84 Å². The van der Waals surface area contributed by atoms with Gasteiger partial charge in [-0.2, -0.15) is 0 Å². The van der Waals surface area contributed by atoms with Gasteiger partial charge in [-0.25, -0.2) is 4.79 Å². The Morgan fingerprint density at radius 3 is 2.45 bits per heavy atom. The Kier molecular flexibility index (Phi) is 5.83. The normalized spacial score (nSPS) is 11.3. The Balaban J connectivity index is 1.98. The average Bonchev–Trinajstić information content (AvgIpc) is 2.49. The summed E-state index contributed by atoms with van der Waals surface area (Å²) in [6, 6.07) is 11.8. The molecule has 0 bridgehead atoms. The first-order valence-corrected chi connectivity index (χ1v) is 7.74. The van der Waals surface area contributed by atoms with Crippen LogP contribution < -0.4 is 5.73 Å². The van der Waals surface area contributed by atoms with Crippen LogP contribution in [0.3, 0.4) is 0 Å². The molecule has 0 fully saturated rings. The minimum Gasteiger partial charge on any atom is -0.384 e. The molecule has 0 saturated heterocycles. The van der Waals surface area contributed by atoms with Crippen LogP contribution in [0.5, 0.6) is 0 Å². The lowest BCUT2D eigenvalue weighted by atomic mass is 10.1. The van der Waals surface area contributed by atoms with Crippen molar-refractivity contribution in [3.8, 4) is 0 Å². The molecule has 0 spiro atoms. The second kappa shape index (κ2) is 7.63. The van der Waals surface area contributed by atoms with E-state index in [1.54, 1.807) is 42.5 Å². The van der Waals surface area contributed by atoms with E-state index in [0.717, 1.165) is 10.0 Å². The fraction of sp³-hybridized carbons (Fsp3) is 0.0667. The van der Waals surface area contributed by atoms with Crippen molar-refractivity contribution in [2.45, 2.75) is 6.42 Å². The fourth-order valence-electron chi connectivity index (χ4n) is 1.63. The quantitative estimate of drug-likeness (QED) is 0.356. The van der Waals surface area contributed by atoms with Gasteiger partial charge in [-0.05, 0) is 42.0 Å². The van der Waals surface area contributed by atoms with Gasteiger partial charge in [-0.3, -0.25) is 0 Å². The molecule has 2 N–H and O–H groups in total. The molecule has 4 nitrogen and oxygen atoms in total. The predicted molar refractivity (Wildman–Crippen MR) is 91.3 cm³/mol. The molecular formula is C15H11BrCl2N2O2. The first kappa shape index (κ1) is 16.8. The first-order valence-electron chi connectivity index (χ1n) is 6.19. The highest BCUT2D eigenvalue weighted by atomic mass is 79.9. The van der Waals surface area contributed by atoms with Crippen LogP contribution in [0.4, 0.5) is 0 Å². The summed E-state index contributed by atoms with van der Waals surface area (Å²) in [5.74, 6) is -0.423. The van der Waals surface area contributed by atoms with Crippen molar-refractivity contribution in [2.24, 2.45) is 10.9 Å². The van der Waals surface area contributed by atoms with E-state index >= 15 is 0 Å². The number of carbonyl (C=O) groups excluding carboxylic acids is 1. The summed E-state index contributed by atoms with van der Waals surface area (Å²) in [4.78, 5) is 16.6. The number of amidine groups is 1. The van der Waals surface area contributed by atoms with Crippen molar-refractivity contribution in [2.75, 3.05) is 0 Å². The number of hydrogen-bond donors (Lipinski definition) is 1. The number of nitrogens with zero attached hydrogens (tertiary/aromatic N) is 1. The monoisotopic (exact) mass is 400 g/mol. The third kappa shape index (κ3) is 4.73. The van der Waals surface area contributed by atoms with Gasteiger partial charge in [0.25, 0.3) is 0 Å². The molecule has 22 heavy (non-hydrogen) atoms. The number of hydrogen-bond acceptors (Lipinski definition) is 3. The molecule has 2 rings (SSSR count). The molecule has 114 valence electrons. The summed E-state index contributed by atoms with van der Waals surface area (Å²) in [7, 11) is 0. The van der Waals surface area contributed by atoms with E-state index in [0.29, 0.717) is 22.0 Å². The zero-order chi connectivity index (χ0) is 16.1. The maximum atomic E-state index is 11.8. The summed E-state index contributed by atoms with van der Waals surface area (Å²) < 4.78 is 0.867. The van der Waals surface area contributed by atoms with Crippen LogP contribution in [0.1, 0.15) is 15.9 Å². The minimum atomic E-state index is -0.579. The van der Waals surface area contributed by atoms with E-state index in [1.807, 2.05) is 0 Å². The SMILES string of the molecule is N/C(Cc1ccc(Cl)c(Cl)c1)=N\OC(=O)c1ccc(Br)cc1. The molecule has 0 saturated carbocycles. The summed E-state index contributed by atoms with van der Waals surface area (Å²) >= 11 is 15.0. The number of carbonyl (C=O) groups is 1. The molecular weight excluding hydrogens is 391 g/mol.